The van der Waals surface area contributed by atoms with Crippen molar-refractivity contribution in [2.45, 2.75) is 71.4 Å². The number of nitrogens with one attached hydrogen (secondary N) is 1. The fourth-order valence-corrected chi connectivity index (χ4v) is 3.10. The van der Waals surface area contributed by atoms with E-state index in [0.717, 1.165) is 12.8 Å². The van der Waals surface area contributed by atoms with Gasteiger partial charge in [-0.1, -0.05) is 26.2 Å². The van der Waals surface area contributed by atoms with E-state index in [4.69, 9.17) is 0 Å². The Morgan fingerprint density at radius 2 is 2.05 bits per heavy atom. The maximum Gasteiger partial charge on any atom is 0.293 e. The smallest absolute Gasteiger partial charge is 0.293 e. The third-order valence-electron chi connectivity index (χ3n) is 4.32. The number of aromatic nitrogens is 2. The first-order chi connectivity index (χ1) is 9.43. The third-order valence-corrected chi connectivity index (χ3v) is 4.32. The van der Waals surface area contributed by atoms with Gasteiger partial charge in [-0.05, 0) is 39.5 Å². The van der Waals surface area contributed by atoms with Crippen LogP contribution in [0, 0.1) is 5.92 Å². The molecule has 1 fully saturated rings. The van der Waals surface area contributed by atoms with E-state index in [-0.39, 0.29) is 11.1 Å². The van der Waals surface area contributed by atoms with Crippen LogP contribution >= 0.6 is 0 Å². The van der Waals surface area contributed by atoms with Crippen LogP contribution in [0.2, 0.25) is 0 Å². The summed E-state index contributed by atoms with van der Waals surface area (Å²) in [5.74, 6) is 1.17. The maximum absolute atomic E-state index is 12.5. The van der Waals surface area contributed by atoms with Crippen LogP contribution in [0.3, 0.4) is 0 Å². The Kier molecular flexibility index (Phi) is 4.51. The van der Waals surface area contributed by atoms with Crippen molar-refractivity contribution in [1.29, 1.82) is 0 Å². The molecule has 1 aliphatic carbocycles. The molecular formula is C16H27N3O. The van der Waals surface area contributed by atoms with E-state index in [1.165, 1.54) is 19.3 Å². The first kappa shape index (κ1) is 15.1. The van der Waals surface area contributed by atoms with Gasteiger partial charge in [-0.15, -0.1) is 0 Å². The van der Waals surface area contributed by atoms with E-state index in [0.29, 0.717) is 17.8 Å². The zero-order chi connectivity index (χ0) is 14.8. The lowest BCUT2D eigenvalue weighted by Crippen LogP contribution is -2.39. The quantitative estimate of drug-likeness (QED) is 0.921. The van der Waals surface area contributed by atoms with Crippen LogP contribution in [0.25, 0.3) is 0 Å². The summed E-state index contributed by atoms with van der Waals surface area (Å²) in [5, 5.41) is 3.42. The van der Waals surface area contributed by atoms with E-state index in [9.17, 15) is 4.79 Å². The highest BCUT2D eigenvalue weighted by Gasteiger charge is 2.25. The van der Waals surface area contributed by atoms with E-state index in [2.05, 4.69) is 17.2 Å². The largest absolute Gasteiger partial charge is 0.362 e. The van der Waals surface area contributed by atoms with Gasteiger partial charge in [0, 0.05) is 24.0 Å². The standard InChI is InChI=1S/C16H27N3O/c1-5-12-8-6-7-9-13(12)18-14-15(20)19(11-10-17-14)16(2,3)4/h10-13H,5-9H2,1-4H3,(H,17,18). The lowest BCUT2D eigenvalue weighted by molar-refractivity contribution is 0.315. The van der Waals surface area contributed by atoms with Gasteiger partial charge in [0.05, 0.1) is 0 Å². The Hall–Kier alpha value is -1.32. The van der Waals surface area contributed by atoms with Gasteiger partial charge in [-0.25, -0.2) is 4.98 Å². The molecule has 0 bridgehead atoms. The summed E-state index contributed by atoms with van der Waals surface area (Å²) in [7, 11) is 0. The normalized spacial score (nSPS) is 23.6. The van der Waals surface area contributed by atoms with E-state index in [1.54, 1.807) is 17.0 Å². The number of rotatable bonds is 3. The highest BCUT2D eigenvalue weighted by Crippen LogP contribution is 2.28. The molecule has 0 aliphatic heterocycles. The van der Waals surface area contributed by atoms with Gasteiger partial charge < -0.3 is 9.88 Å². The molecule has 0 saturated heterocycles. The Labute approximate surface area is 121 Å². The molecule has 4 heteroatoms. The van der Waals surface area contributed by atoms with Crippen LogP contribution < -0.4 is 10.9 Å². The van der Waals surface area contributed by atoms with E-state index >= 15 is 0 Å². The summed E-state index contributed by atoms with van der Waals surface area (Å²) >= 11 is 0. The van der Waals surface area contributed by atoms with E-state index < -0.39 is 0 Å². The van der Waals surface area contributed by atoms with Crippen molar-refractivity contribution < 1.29 is 0 Å². The van der Waals surface area contributed by atoms with Crippen molar-refractivity contribution in [1.82, 2.24) is 9.55 Å². The average molecular weight is 277 g/mol. The van der Waals surface area contributed by atoms with Gasteiger partial charge in [0.2, 0.25) is 0 Å². The fraction of sp³-hybridized carbons (Fsp3) is 0.750. The van der Waals surface area contributed by atoms with Gasteiger partial charge in [0.25, 0.3) is 5.56 Å². The highest BCUT2D eigenvalue weighted by molar-refractivity contribution is 5.33. The second-order valence-corrected chi connectivity index (χ2v) is 6.83. The van der Waals surface area contributed by atoms with Crippen molar-refractivity contribution in [3.05, 3.63) is 22.7 Å². The predicted octanol–water partition coefficient (Wildman–Crippen LogP) is 3.38. The monoisotopic (exact) mass is 277 g/mol. The van der Waals surface area contributed by atoms with Crippen LogP contribution in [-0.2, 0) is 5.54 Å². The molecule has 2 unspecified atom stereocenters. The summed E-state index contributed by atoms with van der Waals surface area (Å²) < 4.78 is 1.76. The molecule has 2 rings (SSSR count). The van der Waals surface area contributed by atoms with Crippen LogP contribution in [-0.4, -0.2) is 15.6 Å². The minimum atomic E-state index is -0.215. The number of hydrogen-bond acceptors (Lipinski definition) is 3. The maximum atomic E-state index is 12.5. The molecule has 1 aliphatic rings. The molecule has 0 amide bonds. The summed E-state index contributed by atoms with van der Waals surface area (Å²) in [5.41, 5.74) is -0.229. The average Bonchev–Trinajstić information content (AvgIpc) is 2.40. The Balaban J connectivity index is 2.23. The lowest BCUT2D eigenvalue weighted by atomic mass is 9.83. The molecule has 0 radical (unpaired) electrons. The van der Waals surface area contributed by atoms with Gasteiger partial charge in [0.15, 0.2) is 5.82 Å². The molecular weight excluding hydrogens is 250 g/mol. The summed E-state index contributed by atoms with van der Waals surface area (Å²) in [6, 6.07) is 0.393. The zero-order valence-electron chi connectivity index (χ0n) is 13.1. The predicted molar refractivity (Wildman–Crippen MR) is 83.2 cm³/mol. The van der Waals surface area contributed by atoms with Crippen molar-refractivity contribution in [3.8, 4) is 0 Å². The minimum Gasteiger partial charge on any atom is -0.362 e. The molecule has 112 valence electrons. The topological polar surface area (TPSA) is 46.9 Å². The molecule has 1 aromatic heterocycles. The molecule has 0 spiro atoms. The van der Waals surface area contributed by atoms with Crippen LogP contribution in [0.15, 0.2) is 17.2 Å². The molecule has 1 aromatic rings. The third kappa shape index (κ3) is 3.22. The van der Waals surface area contributed by atoms with Gasteiger partial charge in [-0.2, -0.15) is 0 Å². The van der Waals surface area contributed by atoms with Crippen LogP contribution in [0.5, 0.6) is 0 Å². The SMILES string of the molecule is CCC1CCCCC1Nc1nccn(C(C)(C)C)c1=O. The first-order valence-corrected chi connectivity index (χ1v) is 7.78. The lowest BCUT2D eigenvalue weighted by Gasteiger charge is -2.32. The Morgan fingerprint density at radius 1 is 1.35 bits per heavy atom. The van der Waals surface area contributed by atoms with Crippen molar-refractivity contribution in [2.75, 3.05) is 5.32 Å². The fourth-order valence-electron chi connectivity index (χ4n) is 3.10. The van der Waals surface area contributed by atoms with Crippen LogP contribution in [0.4, 0.5) is 5.82 Å². The highest BCUT2D eigenvalue weighted by atomic mass is 16.1. The van der Waals surface area contributed by atoms with Gasteiger partial charge >= 0.3 is 0 Å². The second-order valence-electron chi connectivity index (χ2n) is 6.83. The first-order valence-electron chi connectivity index (χ1n) is 7.78. The molecule has 1 heterocycles. The molecule has 20 heavy (non-hydrogen) atoms. The van der Waals surface area contributed by atoms with E-state index in [1.807, 2.05) is 20.8 Å². The van der Waals surface area contributed by atoms with Crippen molar-refractivity contribution in [2.24, 2.45) is 5.92 Å². The molecule has 1 saturated carbocycles. The molecule has 0 aromatic carbocycles. The Morgan fingerprint density at radius 3 is 2.70 bits per heavy atom. The second kappa shape index (κ2) is 5.98. The van der Waals surface area contributed by atoms with Crippen molar-refractivity contribution in [3.63, 3.8) is 0 Å². The zero-order valence-corrected chi connectivity index (χ0v) is 13.1. The Bertz CT molecular complexity index is 501. The molecule has 4 nitrogen and oxygen atoms in total. The summed E-state index contributed by atoms with van der Waals surface area (Å²) in [4.78, 5) is 16.8. The van der Waals surface area contributed by atoms with Gasteiger partial charge in [0.1, 0.15) is 0 Å². The van der Waals surface area contributed by atoms with Crippen LogP contribution in [0.1, 0.15) is 59.8 Å². The number of nitrogens with zero attached hydrogens (tertiary/aromatic N) is 2. The summed E-state index contributed by atoms with van der Waals surface area (Å²) in [6.07, 6.45) is 9.61. The summed E-state index contributed by atoms with van der Waals surface area (Å²) in [6.45, 7) is 8.34. The molecule has 2 atom stereocenters. The molecule has 1 N–H and O–H groups in total. The minimum absolute atomic E-state index is 0.0135. The van der Waals surface area contributed by atoms with Gasteiger partial charge in [-0.3, -0.25) is 4.79 Å². The number of hydrogen-bond donors (Lipinski definition) is 1. The van der Waals surface area contributed by atoms with Crippen molar-refractivity contribution >= 4 is 5.82 Å². The number of anilines is 1.